The van der Waals surface area contributed by atoms with Crippen molar-refractivity contribution in [3.8, 4) is 0 Å². The number of benzene rings is 1. The van der Waals surface area contributed by atoms with Gasteiger partial charge in [0.2, 0.25) is 0 Å². The molecule has 3 rings (SSSR count). The fourth-order valence-electron chi connectivity index (χ4n) is 1.81. The van der Waals surface area contributed by atoms with Crippen molar-refractivity contribution in [2.75, 3.05) is 11.5 Å². The van der Waals surface area contributed by atoms with E-state index in [1.165, 1.54) is 29.2 Å². The molecule has 0 spiro atoms. The predicted octanol–water partition coefficient (Wildman–Crippen LogP) is 3.80. The molecule has 0 fully saturated rings. The Kier molecular flexibility index (Phi) is 4.23. The summed E-state index contributed by atoms with van der Waals surface area (Å²) in [6.07, 6.45) is 0.593. The van der Waals surface area contributed by atoms with Crippen LogP contribution in [-0.2, 0) is 6.42 Å². The van der Waals surface area contributed by atoms with Crippen LogP contribution in [0.5, 0.6) is 0 Å². The van der Waals surface area contributed by atoms with E-state index in [0.29, 0.717) is 43.5 Å². The first-order valence-electron chi connectivity index (χ1n) is 6.09. The Hall–Kier alpha value is -1.44. The molecule has 0 saturated carbocycles. The number of nitrogens with two attached hydrogens (primary N) is 1. The highest BCUT2D eigenvalue weighted by Gasteiger charge is 2.11. The van der Waals surface area contributed by atoms with Crippen LogP contribution in [0.15, 0.2) is 29.4 Å². The highest BCUT2D eigenvalue weighted by Crippen LogP contribution is 2.30. The number of hydrogen-bond donors (Lipinski definition) is 1. The molecule has 0 radical (unpaired) electrons. The summed E-state index contributed by atoms with van der Waals surface area (Å²) in [5.41, 5.74) is 6.82. The van der Waals surface area contributed by atoms with E-state index in [4.69, 9.17) is 17.3 Å². The van der Waals surface area contributed by atoms with Gasteiger partial charge in [-0.25, -0.2) is 19.3 Å². The Balaban J connectivity index is 1.72. The lowest BCUT2D eigenvalue weighted by atomic mass is 10.2. The smallest absolute Gasteiger partial charge is 0.191 e. The van der Waals surface area contributed by atoms with Gasteiger partial charge in [0.05, 0.1) is 0 Å². The maximum Gasteiger partial charge on any atom is 0.191 e. The lowest BCUT2D eigenvalue weighted by molar-refractivity contribution is 0.612. The Morgan fingerprint density at radius 2 is 2.05 bits per heavy atom. The van der Waals surface area contributed by atoms with E-state index in [0.717, 1.165) is 0 Å². The number of halogens is 2. The lowest BCUT2D eigenvalue weighted by Crippen LogP contribution is -1.95. The molecule has 0 amide bonds. The summed E-state index contributed by atoms with van der Waals surface area (Å²) in [7, 11) is 0. The second kappa shape index (κ2) is 6.13. The number of fused-ring (bicyclic) bond motifs is 1. The molecule has 0 bridgehead atoms. The van der Waals surface area contributed by atoms with Crippen LogP contribution in [0.4, 0.5) is 9.52 Å². The molecule has 2 N–H and O–H groups in total. The minimum absolute atomic E-state index is 0.195. The van der Waals surface area contributed by atoms with Gasteiger partial charge < -0.3 is 5.73 Å². The van der Waals surface area contributed by atoms with Crippen molar-refractivity contribution in [3.63, 3.8) is 0 Å². The van der Waals surface area contributed by atoms with Gasteiger partial charge in [0.15, 0.2) is 21.1 Å². The van der Waals surface area contributed by atoms with Gasteiger partial charge in [-0.05, 0) is 18.1 Å². The van der Waals surface area contributed by atoms with E-state index in [2.05, 4.69) is 15.0 Å². The quantitative estimate of drug-likeness (QED) is 0.444. The molecule has 108 valence electrons. The number of thioether (sulfide) groups is 1. The van der Waals surface area contributed by atoms with Gasteiger partial charge in [0, 0.05) is 5.75 Å². The van der Waals surface area contributed by atoms with Gasteiger partial charge in [0.25, 0.3) is 0 Å². The molecule has 2 aromatic heterocycles. The van der Waals surface area contributed by atoms with Crippen molar-refractivity contribution in [1.29, 1.82) is 0 Å². The van der Waals surface area contributed by atoms with Crippen molar-refractivity contribution < 1.29 is 4.39 Å². The van der Waals surface area contributed by atoms with Crippen molar-refractivity contribution in [1.82, 2.24) is 15.0 Å². The molecule has 4 nitrogen and oxygen atoms in total. The standard InChI is InChI=1S/C13H10ClFN4S2/c14-10-9-11(18-12(16)21-9)19-13(17-10)20-6-5-7-3-1-2-4-8(7)15/h1-4H,5-6H2,(H2,16,17,18,19). The third kappa shape index (κ3) is 3.25. The Morgan fingerprint density at radius 1 is 1.24 bits per heavy atom. The van der Waals surface area contributed by atoms with Crippen LogP contribution < -0.4 is 5.73 Å². The topological polar surface area (TPSA) is 64.7 Å². The Morgan fingerprint density at radius 3 is 2.86 bits per heavy atom. The van der Waals surface area contributed by atoms with Crippen LogP contribution >= 0.6 is 34.7 Å². The fourth-order valence-corrected chi connectivity index (χ4v) is 3.60. The first kappa shape index (κ1) is 14.5. The number of hydrogen-bond acceptors (Lipinski definition) is 6. The van der Waals surface area contributed by atoms with Crippen molar-refractivity contribution >= 4 is 50.2 Å². The molecule has 8 heteroatoms. The summed E-state index contributed by atoms with van der Waals surface area (Å²) in [6.45, 7) is 0. The molecule has 0 aliphatic rings. The minimum atomic E-state index is -0.195. The second-order valence-corrected chi connectivity index (χ2v) is 6.64. The van der Waals surface area contributed by atoms with Crippen molar-refractivity contribution in [2.45, 2.75) is 11.6 Å². The van der Waals surface area contributed by atoms with Crippen LogP contribution in [0.25, 0.3) is 10.3 Å². The van der Waals surface area contributed by atoms with Crippen LogP contribution in [-0.4, -0.2) is 20.7 Å². The zero-order valence-corrected chi connectivity index (χ0v) is 13.1. The summed E-state index contributed by atoms with van der Waals surface area (Å²) < 4.78 is 14.2. The molecule has 3 aromatic rings. The third-order valence-electron chi connectivity index (χ3n) is 2.77. The summed E-state index contributed by atoms with van der Waals surface area (Å²) >= 11 is 8.76. The third-order valence-corrected chi connectivity index (χ3v) is 4.88. The highest BCUT2D eigenvalue weighted by atomic mass is 35.5. The van der Waals surface area contributed by atoms with Gasteiger partial charge in [-0.3, -0.25) is 0 Å². The van der Waals surface area contributed by atoms with E-state index in [1.807, 2.05) is 6.07 Å². The zero-order chi connectivity index (χ0) is 14.8. The van der Waals surface area contributed by atoms with Crippen LogP contribution in [0.3, 0.4) is 0 Å². The molecule has 0 aliphatic carbocycles. The van der Waals surface area contributed by atoms with Crippen molar-refractivity contribution in [2.24, 2.45) is 0 Å². The second-order valence-electron chi connectivity index (χ2n) is 4.19. The average Bonchev–Trinajstić information content (AvgIpc) is 2.82. The normalized spacial score (nSPS) is 11.1. The number of aryl methyl sites for hydroxylation is 1. The molecule has 2 heterocycles. The highest BCUT2D eigenvalue weighted by molar-refractivity contribution is 7.99. The number of nitrogen functional groups attached to an aromatic ring is 1. The number of anilines is 1. The van der Waals surface area contributed by atoms with Crippen molar-refractivity contribution in [3.05, 3.63) is 40.8 Å². The summed E-state index contributed by atoms with van der Waals surface area (Å²) in [5, 5.41) is 1.28. The largest absolute Gasteiger partial charge is 0.375 e. The van der Waals surface area contributed by atoms with Crippen LogP contribution in [0.2, 0.25) is 5.15 Å². The van der Waals surface area contributed by atoms with Crippen LogP contribution in [0, 0.1) is 5.82 Å². The lowest BCUT2D eigenvalue weighted by Gasteiger charge is -2.03. The van der Waals surface area contributed by atoms with Gasteiger partial charge in [-0.2, -0.15) is 0 Å². The van der Waals surface area contributed by atoms with E-state index >= 15 is 0 Å². The average molecular weight is 341 g/mol. The summed E-state index contributed by atoms with van der Waals surface area (Å²) in [4.78, 5) is 12.6. The maximum atomic E-state index is 13.5. The van der Waals surface area contributed by atoms with Crippen LogP contribution in [0.1, 0.15) is 5.56 Å². The minimum Gasteiger partial charge on any atom is -0.375 e. The van der Waals surface area contributed by atoms with Gasteiger partial charge in [-0.15, -0.1) is 0 Å². The summed E-state index contributed by atoms with van der Waals surface area (Å²) in [6, 6.07) is 6.72. The first-order chi connectivity index (χ1) is 10.1. The fraction of sp³-hybridized carbons (Fsp3) is 0.154. The van der Waals surface area contributed by atoms with E-state index in [9.17, 15) is 4.39 Å². The van der Waals surface area contributed by atoms with Gasteiger partial charge in [0.1, 0.15) is 10.5 Å². The van der Waals surface area contributed by atoms with E-state index in [1.54, 1.807) is 12.1 Å². The van der Waals surface area contributed by atoms with E-state index < -0.39 is 0 Å². The van der Waals surface area contributed by atoms with Gasteiger partial charge in [-0.1, -0.05) is 52.9 Å². The molecular weight excluding hydrogens is 331 g/mol. The zero-order valence-electron chi connectivity index (χ0n) is 10.7. The molecule has 0 unspecified atom stereocenters. The number of rotatable bonds is 4. The molecule has 0 aliphatic heterocycles. The molecule has 1 aromatic carbocycles. The number of aromatic nitrogens is 3. The summed E-state index contributed by atoms with van der Waals surface area (Å²) in [5.74, 6) is 0.460. The monoisotopic (exact) mass is 340 g/mol. The Labute approximate surface area is 133 Å². The van der Waals surface area contributed by atoms with Gasteiger partial charge >= 0.3 is 0 Å². The Bertz CT molecular complexity index is 793. The SMILES string of the molecule is Nc1nc2nc(SCCc3ccccc3F)nc(Cl)c2s1. The molecular formula is C13H10ClFN4S2. The molecule has 0 atom stereocenters. The maximum absolute atomic E-state index is 13.5. The number of thiazole rings is 1. The molecule has 21 heavy (non-hydrogen) atoms. The molecule has 0 saturated heterocycles. The predicted molar refractivity (Wildman–Crippen MR) is 85.5 cm³/mol. The first-order valence-corrected chi connectivity index (χ1v) is 8.27. The van der Waals surface area contributed by atoms with E-state index in [-0.39, 0.29) is 5.82 Å². The number of nitrogens with zero attached hydrogens (tertiary/aromatic N) is 3.